The van der Waals surface area contributed by atoms with E-state index >= 15 is 0 Å². The molecule has 5 aromatic rings. The van der Waals surface area contributed by atoms with Crippen molar-refractivity contribution in [2.75, 3.05) is 14.2 Å². The smallest absolute Gasteiger partial charge is 0.341 e. The number of methoxy groups -OCH3 is 2. The van der Waals surface area contributed by atoms with E-state index < -0.39 is 20.5 Å². The van der Waals surface area contributed by atoms with Crippen molar-refractivity contribution in [1.82, 2.24) is 9.97 Å². The Morgan fingerprint density at radius 3 is 1.68 bits per heavy atom. The number of benzene rings is 3. The zero-order valence-corrected chi connectivity index (χ0v) is 20.9. The van der Waals surface area contributed by atoms with E-state index in [-0.39, 0.29) is 22.9 Å². The predicted octanol–water partition coefficient (Wildman–Crippen LogP) is 6.34. The monoisotopic (exact) mass is 538 g/mol. The fraction of sp³-hybridized carbons (Fsp3) is 0.111. The Kier molecular flexibility index (Phi) is 6.68. The van der Waals surface area contributed by atoms with Gasteiger partial charge in [0.05, 0.1) is 37.1 Å². The molecule has 0 radical (unpaired) electrons. The van der Waals surface area contributed by atoms with Crippen molar-refractivity contribution >= 4 is 9.84 Å². The van der Waals surface area contributed by atoms with Crippen molar-refractivity contribution in [3.63, 3.8) is 0 Å². The summed E-state index contributed by atoms with van der Waals surface area (Å²) in [6.45, 7) is 0. The third-order valence-electron chi connectivity index (χ3n) is 5.76. The minimum atomic E-state index is -5.04. The fourth-order valence-corrected chi connectivity index (χ4v) is 4.69. The molecular formula is C27H20F2N2O6S. The van der Waals surface area contributed by atoms with Crippen molar-refractivity contribution < 1.29 is 35.5 Å². The highest BCUT2D eigenvalue weighted by Crippen LogP contribution is 2.36. The largest absolute Gasteiger partial charge is 0.497 e. The zero-order chi connectivity index (χ0) is 26.9. The molecule has 0 bridgehead atoms. The topological polar surface area (TPSA) is 105 Å². The molecule has 0 spiro atoms. The lowest BCUT2D eigenvalue weighted by molar-refractivity contribution is 0.235. The Morgan fingerprint density at radius 2 is 1.18 bits per heavy atom. The second kappa shape index (κ2) is 10.1. The van der Waals surface area contributed by atoms with Gasteiger partial charge in [-0.15, -0.1) is 0 Å². The Labute approximate surface area is 216 Å². The average Bonchev–Trinajstić information content (AvgIpc) is 3.64. The summed E-state index contributed by atoms with van der Waals surface area (Å²) in [4.78, 5) is 7.69. The molecule has 2 heterocycles. The summed E-state index contributed by atoms with van der Waals surface area (Å²) in [5.41, 5.74) is 1.42. The Hall–Kier alpha value is -4.51. The van der Waals surface area contributed by atoms with Gasteiger partial charge in [-0.25, -0.2) is 18.4 Å². The number of ether oxygens (including phenoxy) is 2. The standard InChI is InChI=1S/C27H20F2N2O6S/c1-34-19-8-3-16(4-9-19)22-14-30-25(36-22)18-7-12-21(24(13-18)38(32,33)27(28)29)26-31-15-23(37-26)17-5-10-20(35-2)11-6-17/h3-15,27H,1-2H3. The van der Waals surface area contributed by atoms with Crippen LogP contribution < -0.4 is 9.47 Å². The molecule has 11 heteroatoms. The Morgan fingerprint density at radius 1 is 0.711 bits per heavy atom. The third kappa shape index (κ3) is 4.75. The van der Waals surface area contributed by atoms with Gasteiger partial charge in [-0.05, 0) is 66.7 Å². The summed E-state index contributed by atoms with van der Waals surface area (Å²) < 4.78 is 74.5. The van der Waals surface area contributed by atoms with Gasteiger partial charge < -0.3 is 18.3 Å². The van der Waals surface area contributed by atoms with Crippen LogP contribution >= 0.6 is 0 Å². The van der Waals surface area contributed by atoms with Gasteiger partial charge in [-0.1, -0.05) is 0 Å². The summed E-state index contributed by atoms with van der Waals surface area (Å²) in [6.07, 6.45) is 2.85. The highest BCUT2D eigenvalue weighted by atomic mass is 32.2. The van der Waals surface area contributed by atoms with Crippen LogP contribution in [0.3, 0.4) is 0 Å². The van der Waals surface area contributed by atoms with E-state index in [1.807, 2.05) is 0 Å². The molecule has 0 atom stereocenters. The van der Waals surface area contributed by atoms with Crippen LogP contribution in [0.25, 0.3) is 45.6 Å². The van der Waals surface area contributed by atoms with Crippen LogP contribution in [0.4, 0.5) is 8.78 Å². The first-order valence-corrected chi connectivity index (χ1v) is 12.7. The second-order valence-corrected chi connectivity index (χ2v) is 9.92. The second-order valence-electron chi connectivity index (χ2n) is 8.03. The molecule has 5 rings (SSSR count). The predicted molar refractivity (Wildman–Crippen MR) is 135 cm³/mol. The minimum Gasteiger partial charge on any atom is -0.497 e. The minimum absolute atomic E-state index is 0.0550. The summed E-state index contributed by atoms with van der Waals surface area (Å²) in [5, 5.41) is 0. The van der Waals surface area contributed by atoms with E-state index in [4.69, 9.17) is 18.3 Å². The molecule has 0 aliphatic carbocycles. The van der Waals surface area contributed by atoms with Crippen LogP contribution in [0.1, 0.15) is 0 Å². The number of rotatable bonds is 8. The van der Waals surface area contributed by atoms with E-state index in [2.05, 4.69) is 9.97 Å². The van der Waals surface area contributed by atoms with Gasteiger partial charge in [0, 0.05) is 16.7 Å². The maximum Gasteiger partial charge on any atom is 0.341 e. The molecule has 8 nitrogen and oxygen atoms in total. The average molecular weight is 539 g/mol. The molecule has 0 aliphatic heterocycles. The van der Waals surface area contributed by atoms with Gasteiger partial charge in [0.15, 0.2) is 11.5 Å². The maximum absolute atomic E-state index is 13.7. The molecule has 0 saturated heterocycles. The molecule has 0 N–H and O–H groups in total. The number of nitrogens with zero attached hydrogens (tertiary/aromatic N) is 2. The zero-order valence-electron chi connectivity index (χ0n) is 20.1. The van der Waals surface area contributed by atoms with Crippen LogP contribution in [0.15, 0.2) is 92.9 Å². The summed E-state index contributed by atoms with van der Waals surface area (Å²) in [7, 11) is -1.95. The van der Waals surface area contributed by atoms with E-state index in [1.54, 1.807) is 55.6 Å². The first-order valence-electron chi connectivity index (χ1n) is 11.2. The molecule has 0 fully saturated rings. The van der Waals surface area contributed by atoms with Crippen molar-refractivity contribution in [2.24, 2.45) is 0 Å². The molecule has 0 aliphatic rings. The number of oxazole rings is 2. The molecule has 0 unspecified atom stereocenters. The van der Waals surface area contributed by atoms with E-state index in [0.29, 0.717) is 34.1 Å². The summed E-state index contributed by atoms with van der Waals surface area (Å²) >= 11 is 0. The van der Waals surface area contributed by atoms with E-state index in [1.165, 1.54) is 31.6 Å². The molecular weight excluding hydrogens is 518 g/mol. The SMILES string of the molecule is COc1ccc(-c2cnc(-c3ccc(-c4ncc(-c5ccc(OC)cc5)o4)c(S(=O)(=O)C(F)F)c3)o2)cc1. The molecule has 3 aromatic carbocycles. The number of hydrogen-bond acceptors (Lipinski definition) is 8. The fourth-order valence-electron chi connectivity index (χ4n) is 3.75. The lowest BCUT2D eigenvalue weighted by atomic mass is 10.1. The van der Waals surface area contributed by atoms with Crippen molar-refractivity contribution in [1.29, 1.82) is 0 Å². The first-order chi connectivity index (χ1) is 18.3. The van der Waals surface area contributed by atoms with Crippen molar-refractivity contribution in [3.05, 3.63) is 79.1 Å². The molecule has 2 aromatic heterocycles. The number of sulfone groups is 1. The molecule has 38 heavy (non-hydrogen) atoms. The Balaban J connectivity index is 1.54. The summed E-state index contributed by atoms with van der Waals surface area (Å²) in [5.74, 6) is -1.71. The van der Waals surface area contributed by atoms with Crippen LogP contribution in [-0.4, -0.2) is 38.4 Å². The molecule has 194 valence electrons. The van der Waals surface area contributed by atoms with Gasteiger partial charge in [0.25, 0.3) is 0 Å². The highest BCUT2D eigenvalue weighted by Gasteiger charge is 2.32. The maximum atomic E-state index is 13.7. The van der Waals surface area contributed by atoms with E-state index in [9.17, 15) is 17.2 Å². The Bertz CT molecular complexity index is 1680. The quantitative estimate of drug-likeness (QED) is 0.225. The molecule has 0 saturated carbocycles. The van der Waals surface area contributed by atoms with Gasteiger partial charge in [-0.2, -0.15) is 8.78 Å². The first kappa shape index (κ1) is 25.2. The number of hydrogen-bond donors (Lipinski definition) is 0. The summed E-state index contributed by atoms with van der Waals surface area (Å²) in [6, 6.07) is 17.8. The van der Waals surface area contributed by atoms with Crippen molar-refractivity contribution in [3.8, 4) is 57.1 Å². The number of aromatic nitrogens is 2. The normalized spacial score (nSPS) is 11.6. The van der Waals surface area contributed by atoms with Crippen molar-refractivity contribution in [2.45, 2.75) is 10.7 Å². The van der Waals surface area contributed by atoms with Crippen LogP contribution in [0.5, 0.6) is 11.5 Å². The van der Waals surface area contributed by atoms with E-state index in [0.717, 1.165) is 6.07 Å². The van der Waals surface area contributed by atoms with Gasteiger partial charge >= 0.3 is 5.76 Å². The van der Waals surface area contributed by atoms with Crippen LogP contribution in [0, 0.1) is 0 Å². The number of halogens is 2. The lowest BCUT2D eigenvalue weighted by Crippen LogP contribution is -2.13. The van der Waals surface area contributed by atoms with Crippen LogP contribution in [0.2, 0.25) is 0 Å². The highest BCUT2D eigenvalue weighted by molar-refractivity contribution is 7.91. The van der Waals surface area contributed by atoms with Gasteiger partial charge in [0.1, 0.15) is 11.5 Å². The lowest BCUT2D eigenvalue weighted by Gasteiger charge is -2.09. The van der Waals surface area contributed by atoms with Gasteiger partial charge in [0.2, 0.25) is 21.6 Å². The molecule has 0 amide bonds. The van der Waals surface area contributed by atoms with Gasteiger partial charge in [-0.3, -0.25) is 0 Å². The third-order valence-corrected chi connectivity index (χ3v) is 7.18. The van der Waals surface area contributed by atoms with Crippen LogP contribution in [-0.2, 0) is 9.84 Å². The number of alkyl halides is 2.